The molecule has 1 aliphatic rings. The highest BCUT2D eigenvalue weighted by Crippen LogP contribution is 2.15. The van der Waals surface area contributed by atoms with Gasteiger partial charge in [-0.25, -0.2) is 0 Å². The molecule has 0 aromatic heterocycles. The van der Waals surface area contributed by atoms with E-state index in [1.807, 2.05) is 29.2 Å². The average Bonchev–Trinajstić information content (AvgIpc) is 2.63. The minimum atomic E-state index is 0.499. The molecular weight excluding hydrogens is 330 g/mol. The Morgan fingerprint density at radius 2 is 1.84 bits per heavy atom. The third kappa shape index (κ3) is 6.36. The number of nitrogens with zero attached hydrogens (tertiary/aromatic N) is 2. The Morgan fingerprint density at radius 1 is 1.16 bits per heavy atom. The number of hydrogen-bond donors (Lipinski definition) is 1. The van der Waals surface area contributed by atoms with Crippen LogP contribution in [-0.4, -0.2) is 54.2 Å². The van der Waals surface area contributed by atoms with Crippen molar-refractivity contribution in [2.75, 3.05) is 39.3 Å². The van der Waals surface area contributed by atoms with Crippen molar-refractivity contribution in [2.24, 2.45) is 5.73 Å². The Morgan fingerprint density at radius 3 is 2.40 bits per heavy atom. The second kappa shape index (κ2) is 10.0. The molecule has 1 fully saturated rings. The minimum absolute atomic E-state index is 0.499. The van der Waals surface area contributed by atoms with Crippen molar-refractivity contribution in [2.45, 2.75) is 6.42 Å². The van der Waals surface area contributed by atoms with E-state index in [1.54, 1.807) is 6.08 Å². The molecule has 2 N–H and O–H groups in total. The summed E-state index contributed by atoms with van der Waals surface area (Å²) in [6, 6.07) is 8.23. The summed E-state index contributed by atoms with van der Waals surface area (Å²) in [5.74, 6) is 0.901. The zero-order chi connectivity index (χ0) is 18.1. The van der Waals surface area contributed by atoms with Gasteiger partial charge >= 0.3 is 0 Å². The van der Waals surface area contributed by atoms with Gasteiger partial charge in [0.1, 0.15) is 12.4 Å². The normalized spacial score (nSPS) is 15.7. The topological polar surface area (TPSA) is 41.7 Å². The fourth-order valence-corrected chi connectivity index (χ4v) is 2.96. The summed E-state index contributed by atoms with van der Waals surface area (Å²) in [5, 5.41) is 0.499. The monoisotopic (exact) mass is 357 g/mol. The van der Waals surface area contributed by atoms with Crippen LogP contribution in [-0.2, 0) is 6.42 Å². The molecule has 1 aromatic carbocycles. The van der Waals surface area contributed by atoms with Crippen LogP contribution in [0, 0.1) is 0 Å². The molecular formula is C20H27N3OS. The van der Waals surface area contributed by atoms with Gasteiger partial charge in [0.15, 0.2) is 5.11 Å². The SMILES string of the molecule is C=C/C=C(\C=C)Cc1ccc(OCCN2CCN(C(N)=S)CC2)cc1. The molecule has 4 nitrogen and oxygen atoms in total. The van der Waals surface area contributed by atoms with Crippen LogP contribution in [0.1, 0.15) is 5.56 Å². The van der Waals surface area contributed by atoms with Crippen LogP contribution in [0.4, 0.5) is 0 Å². The summed E-state index contributed by atoms with van der Waals surface area (Å²) < 4.78 is 5.86. The van der Waals surface area contributed by atoms with Gasteiger partial charge in [-0.05, 0) is 41.9 Å². The lowest BCUT2D eigenvalue weighted by Crippen LogP contribution is -2.51. The Hall–Kier alpha value is -2.11. The van der Waals surface area contributed by atoms with E-state index in [0.29, 0.717) is 11.7 Å². The highest BCUT2D eigenvalue weighted by Gasteiger charge is 2.16. The largest absolute Gasteiger partial charge is 0.492 e. The third-order valence-electron chi connectivity index (χ3n) is 4.29. The number of thiocarbonyl (C=S) groups is 1. The van der Waals surface area contributed by atoms with Gasteiger partial charge in [0.05, 0.1) is 0 Å². The zero-order valence-electron chi connectivity index (χ0n) is 14.7. The molecule has 134 valence electrons. The highest BCUT2D eigenvalue weighted by atomic mass is 32.1. The molecule has 0 aliphatic carbocycles. The number of ether oxygens (including phenoxy) is 1. The van der Waals surface area contributed by atoms with Crippen molar-refractivity contribution in [3.8, 4) is 5.75 Å². The quantitative estimate of drug-likeness (QED) is 0.572. The Bertz CT molecular complexity index is 616. The molecule has 1 heterocycles. The van der Waals surface area contributed by atoms with Gasteiger partial charge in [-0.2, -0.15) is 0 Å². The standard InChI is InChI=1S/C20H27N3OS/c1-3-5-17(4-2)16-18-6-8-19(9-7-18)24-15-14-22-10-12-23(13-11-22)20(21)25/h3-9H,1-2,10-16H2,(H2,21,25)/b17-5+. The summed E-state index contributed by atoms with van der Waals surface area (Å²) in [7, 11) is 0. The maximum absolute atomic E-state index is 5.86. The van der Waals surface area contributed by atoms with Crippen LogP contribution in [0.2, 0.25) is 0 Å². The van der Waals surface area contributed by atoms with E-state index in [0.717, 1.165) is 50.5 Å². The molecule has 1 aromatic rings. The minimum Gasteiger partial charge on any atom is -0.492 e. The Balaban J connectivity index is 1.73. The van der Waals surface area contributed by atoms with Gasteiger partial charge < -0.3 is 15.4 Å². The van der Waals surface area contributed by atoms with E-state index < -0.39 is 0 Å². The predicted octanol–water partition coefficient (Wildman–Crippen LogP) is 2.77. The molecule has 0 unspecified atom stereocenters. The number of rotatable bonds is 8. The number of hydrogen-bond acceptors (Lipinski definition) is 3. The van der Waals surface area contributed by atoms with Crippen molar-refractivity contribution in [1.82, 2.24) is 9.80 Å². The molecule has 0 saturated carbocycles. The van der Waals surface area contributed by atoms with E-state index in [1.165, 1.54) is 5.56 Å². The van der Waals surface area contributed by atoms with E-state index in [4.69, 9.17) is 22.7 Å². The Kier molecular flexibility index (Phi) is 7.70. The van der Waals surface area contributed by atoms with Gasteiger partial charge in [0.2, 0.25) is 0 Å². The van der Waals surface area contributed by atoms with Crippen LogP contribution in [0.25, 0.3) is 0 Å². The first-order valence-corrected chi connectivity index (χ1v) is 8.95. The molecule has 0 spiro atoms. The van der Waals surface area contributed by atoms with E-state index in [2.05, 4.69) is 30.2 Å². The third-order valence-corrected chi connectivity index (χ3v) is 4.54. The summed E-state index contributed by atoms with van der Waals surface area (Å²) in [5.41, 5.74) is 8.04. The van der Waals surface area contributed by atoms with Crippen LogP contribution < -0.4 is 10.5 Å². The smallest absolute Gasteiger partial charge is 0.166 e. The van der Waals surface area contributed by atoms with E-state index in [9.17, 15) is 0 Å². The number of allylic oxidation sites excluding steroid dienone is 4. The molecule has 1 saturated heterocycles. The first kappa shape index (κ1) is 19.2. The van der Waals surface area contributed by atoms with Gasteiger partial charge in [0.25, 0.3) is 0 Å². The highest BCUT2D eigenvalue weighted by molar-refractivity contribution is 7.80. The fourth-order valence-electron chi connectivity index (χ4n) is 2.77. The summed E-state index contributed by atoms with van der Waals surface area (Å²) in [6.45, 7) is 12.9. The average molecular weight is 358 g/mol. The first-order valence-electron chi connectivity index (χ1n) is 8.55. The fraction of sp³-hybridized carbons (Fsp3) is 0.350. The van der Waals surface area contributed by atoms with E-state index in [-0.39, 0.29) is 0 Å². The molecule has 0 atom stereocenters. The number of nitrogens with two attached hydrogens (primary N) is 1. The van der Waals surface area contributed by atoms with Gasteiger partial charge in [0, 0.05) is 32.7 Å². The van der Waals surface area contributed by atoms with Crippen molar-refractivity contribution in [3.63, 3.8) is 0 Å². The molecule has 2 rings (SSSR count). The van der Waals surface area contributed by atoms with Gasteiger partial charge in [-0.3, -0.25) is 4.90 Å². The van der Waals surface area contributed by atoms with Crippen LogP contribution in [0.5, 0.6) is 5.75 Å². The summed E-state index contributed by atoms with van der Waals surface area (Å²) in [6.07, 6.45) is 6.48. The van der Waals surface area contributed by atoms with Crippen molar-refractivity contribution in [1.29, 1.82) is 0 Å². The molecule has 5 heteroatoms. The lowest BCUT2D eigenvalue weighted by atomic mass is 10.0. The van der Waals surface area contributed by atoms with E-state index >= 15 is 0 Å². The van der Waals surface area contributed by atoms with Crippen LogP contribution in [0.3, 0.4) is 0 Å². The Labute approximate surface area is 156 Å². The molecule has 0 bridgehead atoms. The molecule has 0 radical (unpaired) electrons. The first-order chi connectivity index (χ1) is 12.1. The second-order valence-electron chi connectivity index (χ2n) is 6.02. The maximum atomic E-state index is 5.86. The number of benzene rings is 1. The van der Waals surface area contributed by atoms with Crippen molar-refractivity contribution in [3.05, 3.63) is 66.8 Å². The maximum Gasteiger partial charge on any atom is 0.166 e. The zero-order valence-corrected chi connectivity index (χ0v) is 15.5. The van der Waals surface area contributed by atoms with Crippen molar-refractivity contribution < 1.29 is 4.74 Å². The second-order valence-corrected chi connectivity index (χ2v) is 6.44. The molecule has 0 amide bonds. The lowest BCUT2D eigenvalue weighted by Gasteiger charge is -2.34. The number of piperazine rings is 1. The van der Waals surface area contributed by atoms with Gasteiger partial charge in [-0.1, -0.05) is 43.5 Å². The summed E-state index contributed by atoms with van der Waals surface area (Å²) in [4.78, 5) is 4.42. The summed E-state index contributed by atoms with van der Waals surface area (Å²) >= 11 is 5.01. The lowest BCUT2D eigenvalue weighted by molar-refractivity contribution is 0.155. The van der Waals surface area contributed by atoms with Crippen LogP contribution >= 0.6 is 12.2 Å². The molecule has 1 aliphatic heterocycles. The van der Waals surface area contributed by atoms with Crippen molar-refractivity contribution >= 4 is 17.3 Å². The predicted molar refractivity (Wildman–Crippen MR) is 109 cm³/mol. The molecule has 25 heavy (non-hydrogen) atoms. The van der Waals surface area contributed by atoms with Gasteiger partial charge in [-0.15, -0.1) is 0 Å². The van der Waals surface area contributed by atoms with Crippen LogP contribution in [0.15, 0.2) is 61.2 Å².